The van der Waals surface area contributed by atoms with Crippen molar-refractivity contribution < 1.29 is 9.59 Å². The van der Waals surface area contributed by atoms with Crippen molar-refractivity contribution in [2.24, 2.45) is 5.92 Å². The van der Waals surface area contributed by atoms with Gasteiger partial charge in [0.25, 0.3) is 0 Å². The lowest BCUT2D eigenvalue weighted by Crippen LogP contribution is -2.42. The summed E-state index contributed by atoms with van der Waals surface area (Å²) < 4.78 is 0. The number of hydrogen-bond acceptors (Lipinski definition) is 4. The second-order valence-corrected chi connectivity index (χ2v) is 6.59. The van der Waals surface area contributed by atoms with Crippen molar-refractivity contribution in [3.8, 4) is 0 Å². The van der Waals surface area contributed by atoms with Gasteiger partial charge in [-0.25, -0.2) is 0 Å². The lowest BCUT2D eigenvalue weighted by atomic mass is 10.00. The Morgan fingerprint density at radius 2 is 1.26 bits per heavy atom. The molecule has 0 aromatic heterocycles. The van der Waals surface area contributed by atoms with Gasteiger partial charge in [0.2, 0.25) is 11.8 Å². The van der Waals surface area contributed by atoms with Crippen molar-refractivity contribution in [3.63, 3.8) is 0 Å². The molecule has 6 nitrogen and oxygen atoms in total. The number of nitrogens with zero attached hydrogens (tertiary/aromatic N) is 2. The Kier molecular flexibility index (Phi) is 12.7. The number of unbranched alkanes of at least 4 members (excludes halogenated alkanes) is 1. The maximum atomic E-state index is 12.3. The zero-order valence-corrected chi connectivity index (χ0v) is 15.7. The Bertz CT molecular complexity index is 305. The third-order valence-corrected chi connectivity index (χ3v) is 3.64. The van der Waals surface area contributed by atoms with Crippen LogP contribution in [0, 0.1) is 5.92 Å². The molecule has 0 spiro atoms. The first-order chi connectivity index (χ1) is 10.9. The van der Waals surface area contributed by atoms with E-state index in [1.807, 2.05) is 28.2 Å². The van der Waals surface area contributed by atoms with Crippen molar-refractivity contribution in [2.45, 2.75) is 39.0 Å². The second kappa shape index (κ2) is 13.3. The maximum absolute atomic E-state index is 12.3. The Morgan fingerprint density at radius 3 is 1.61 bits per heavy atom. The number of nitrogens with one attached hydrogen (secondary N) is 2. The average molecular weight is 329 g/mol. The van der Waals surface area contributed by atoms with E-state index in [4.69, 9.17) is 0 Å². The van der Waals surface area contributed by atoms with Crippen molar-refractivity contribution in [1.82, 2.24) is 20.4 Å². The second-order valence-electron chi connectivity index (χ2n) is 6.59. The van der Waals surface area contributed by atoms with Gasteiger partial charge in [-0.15, -0.1) is 0 Å². The monoisotopic (exact) mass is 328 g/mol. The number of carbonyl (C=O) groups excluding carboxylic acids is 2. The lowest BCUT2D eigenvalue weighted by molar-refractivity contribution is -0.135. The van der Waals surface area contributed by atoms with Crippen molar-refractivity contribution in [1.29, 1.82) is 0 Å². The number of amides is 2. The van der Waals surface area contributed by atoms with Crippen molar-refractivity contribution >= 4 is 11.8 Å². The summed E-state index contributed by atoms with van der Waals surface area (Å²) in [4.78, 5) is 28.7. The molecule has 0 heterocycles. The SMILES string of the molecule is CCCCC(C(=O)NCCCN(C)C)C(=O)NCCCN(C)C. The van der Waals surface area contributed by atoms with Crippen LogP contribution in [-0.4, -0.2) is 76.0 Å². The first-order valence-corrected chi connectivity index (χ1v) is 8.73. The number of carbonyl (C=O) groups is 2. The van der Waals surface area contributed by atoms with E-state index in [1.165, 1.54) is 0 Å². The fraction of sp³-hybridized carbons (Fsp3) is 0.882. The summed E-state index contributed by atoms with van der Waals surface area (Å²) in [6.45, 7) is 5.16. The molecule has 0 rings (SSSR count). The van der Waals surface area contributed by atoms with Gasteiger partial charge in [0.05, 0.1) is 0 Å². The molecule has 0 radical (unpaired) electrons. The number of rotatable bonds is 13. The molecule has 0 fully saturated rings. The van der Waals surface area contributed by atoms with Crippen LogP contribution < -0.4 is 10.6 Å². The smallest absolute Gasteiger partial charge is 0.232 e. The van der Waals surface area contributed by atoms with Crippen LogP contribution in [0.15, 0.2) is 0 Å². The molecule has 0 atom stereocenters. The first-order valence-electron chi connectivity index (χ1n) is 8.73. The molecule has 0 saturated carbocycles. The highest BCUT2D eigenvalue weighted by molar-refractivity contribution is 6.00. The molecule has 2 amide bonds. The van der Waals surface area contributed by atoms with Gasteiger partial charge in [0.1, 0.15) is 5.92 Å². The molecule has 6 heteroatoms. The normalized spacial score (nSPS) is 11.3. The van der Waals surface area contributed by atoms with E-state index in [2.05, 4.69) is 27.4 Å². The third kappa shape index (κ3) is 12.0. The molecule has 2 N–H and O–H groups in total. The molecule has 0 saturated heterocycles. The maximum Gasteiger partial charge on any atom is 0.232 e. The van der Waals surface area contributed by atoms with E-state index in [0.717, 1.165) is 38.8 Å². The van der Waals surface area contributed by atoms with Gasteiger partial charge in [0.15, 0.2) is 0 Å². The Balaban J connectivity index is 4.25. The molecule has 23 heavy (non-hydrogen) atoms. The van der Waals surface area contributed by atoms with Gasteiger partial charge in [-0.2, -0.15) is 0 Å². The minimum atomic E-state index is -0.561. The molecule has 0 aliphatic heterocycles. The van der Waals surface area contributed by atoms with Crippen LogP contribution in [0.4, 0.5) is 0 Å². The van der Waals surface area contributed by atoms with Crippen LogP contribution in [0.2, 0.25) is 0 Å². The largest absolute Gasteiger partial charge is 0.355 e. The van der Waals surface area contributed by atoms with Crippen LogP contribution >= 0.6 is 0 Å². The zero-order chi connectivity index (χ0) is 17.7. The highest BCUT2D eigenvalue weighted by atomic mass is 16.2. The van der Waals surface area contributed by atoms with Gasteiger partial charge in [0, 0.05) is 13.1 Å². The first kappa shape index (κ1) is 21.9. The van der Waals surface area contributed by atoms with Crippen LogP contribution in [0.1, 0.15) is 39.0 Å². The highest BCUT2D eigenvalue weighted by Gasteiger charge is 2.25. The molecule has 0 aromatic carbocycles. The third-order valence-electron chi connectivity index (χ3n) is 3.64. The highest BCUT2D eigenvalue weighted by Crippen LogP contribution is 2.09. The van der Waals surface area contributed by atoms with Gasteiger partial charge in [-0.05, 0) is 60.5 Å². The Labute approximate surface area is 142 Å². The standard InChI is InChI=1S/C17H36N4O2/c1-6-7-10-15(16(22)18-11-8-13-20(2)3)17(23)19-12-9-14-21(4)5/h15H,6-14H2,1-5H3,(H,18,22)(H,19,23). The van der Waals surface area contributed by atoms with Gasteiger partial charge >= 0.3 is 0 Å². The minimum absolute atomic E-state index is 0.137. The molecular formula is C17H36N4O2. The Hall–Kier alpha value is -1.14. The van der Waals surface area contributed by atoms with E-state index < -0.39 is 5.92 Å². The van der Waals surface area contributed by atoms with E-state index in [0.29, 0.717) is 19.5 Å². The molecule has 136 valence electrons. The summed E-state index contributed by atoms with van der Waals surface area (Å²) in [5.41, 5.74) is 0. The molecule has 0 bridgehead atoms. The molecule has 0 aliphatic rings. The zero-order valence-electron chi connectivity index (χ0n) is 15.7. The topological polar surface area (TPSA) is 64.7 Å². The van der Waals surface area contributed by atoms with Crippen LogP contribution in [-0.2, 0) is 9.59 Å². The predicted octanol–water partition coefficient (Wildman–Crippen LogP) is 0.929. The van der Waals surface area contributed by atoms with Crippen molar-refractivity contribution in [3.05, 3.63) is 0 Å². The Morgan fingerprint density at radius 1 is 0.826 bits per heavy atom. The van der Waals surface area contributed by atoms with Crippen LogP contribution in [0.5, 0.6) is 0 Å². The predicted molar refractivity (Wildman–Crippen MR) is 95.4 cm³/mol. The van der Waals surface area contributed by atoms with E-state index >= 15 is 0 Å². The summed E-state index contributed by atoms with van der Waals surface area (Å²) in [6, 6.07) is 0. The summed E-state index contributed by atoms with van der Waals surface area (Å²) in [5.74, 6) is -0.835. The van der Waals surface area contributed by atoms with Crippen LogP contribution in [0.25, 0.3) is 0 Å². The van der Waals surface area contributed by atoms with E-state index in [-0.39, 0.29) is 11.8 Å². The summed E-state index contributed by atoms with van der Waals surface area (Å²) in [7, 11) is 8.03. The van der Waals surface area contributed by atoms with Gasteiger partial charge < -0.3 is 20.4 Å². The average Bonchev–Trinajstić information content (AvgIpc) is 2.48. The molecule has 0 unspecified atom stereocenters. The van der Waals surface area contributed by atoms with Gasteiger partial charge in [-0.1, -0.05) is 19.8 Å². The summed E-state index contributed by atoms with van der Waals surface area (Å²) in [6.07, 6.45) is 4.28. The molecular weight excluding hydrogens is 292 g/mol. The summed E-state index contributed by atoms with van der Waals surface area (Å²) in [5, 5.41) is 5.80. The van der Waals surface area contributed by atoms with Gasteiger partial charge in [-0.3, -0.25) is 9.59 Å². The minimum Gasteiger partial charge on any atom is -0.355 e. The van der Waals surface area contributed by atoms with E-state index in [1.54, 1.807) is 0 Å². The summed E-state index contributed by atoms with van der Waals surface area (Å²) >= 11 is 0. The number of hydrogen-bond donors (Lipinski definition) is 2. The van der Waals surface area contributed by atoms with Crippen molar-refractivity contribution in [2.75, 3.05) is 54.4 Å². The fourth-order valence-corrected chi connectivity index (χ4v) is 2.25. The quantitative estimate of drug-likeness (QED) is 0.390. The fourth-order valence-electron chi connectivity index (χ4n) is 2.25. The lowest BCUT2D eigenvalue weighted by Gasteiger charge is -2.17. The van der Waals surface area contributed by atoms with E-state index in [9.17, 15) is 9.59 Å². The molecule has 0 aliphatic carbocycles. The molecule has 0 aromatic rings. The van der Waals surface area contributed by atoms with Crippen LogP contribution in [0.3, 0.4) is 0 Å².